The summed E-state index contributed by atoms with van der Waals surface area (Å²) in [7, 11) is 0. The van der Waals surface area contributed by atoms with Crippen molar-refractivity contribution in [2.24, 2.45) is 0 Å². The summed E-state index contributed by atoms with van der Waals surface area (Å²) in [5.41, 5.74) is 0.174. The Morgan fingerprint density at radius 2 is 1.80 bits per heavy atom. The Morgan fingerprint density at radius 3 is 2.45 bits per heavy atom. The molecule has 2 rings (SSSR count). The largest absolute Gasteiger partial charge is 0.321 e. The fourth-order valence-electron chi connectivity index (χ4n) is 1.61. The van der Waals surface area contributed by atoms with Crippen molar-refractivity contribution in [1.82, 2.24) is 0 Å². The molecule has 0 radical (unpaired) electrons. The summed E-state index contributed by atoms with van der Waals surface area (Å²) in [5, 5.41) is 2.43. The molecule has 6 heteroatoms. The summed E-state index contributed by atoms with van der Waals surface area (Å²) in [4.78, 5) is 11.9. The molecule has 0 spiro atoms. The zero-order chi connectivity index (χ0) is 14.9. The molecule has 0 aliphatic rings. The Bertz CT molecular complexity index is 688. The average molecular weight is 344 g/mol. The first-order valence-corrected chi connectivity index (χ1v) is 6.40. The molecule has 0 aliphatic heterocycles. The second kappa shape index (κ2) is 5.66. The third-order valence-corrected chi connectivity index (χ3v) is 3.33. The van der Waals surface area contributed by atoms with Crippen molar-refractivity contribution in [3.63, 3.8) is 0 Å². The highest BCUT2D eigenvalue weighted by Gasteiger charge is 2.15. The first kappa shape index (κ1) is 14.6. The minimum absolute atomic E-state index is 0.162. The van der Waals surface area contributed by atoms with E-state index in [0.29, 0.717) is 10.5 Å². The molecule has 2 nitrogen and oxygen atoms in total. The van der Waals surface area contributed by atoms with Crippen molar-refractivity contribution < 1.29 is 18.0 Å². The van der Waals surface area contributed by atoms with E-state index in [2.05, 4.69) is 21.2 Å². The Morgan fingerprint density at radius 1 is 1.10 bits per heavy atom. The molecule has 1 N–H and O–H groups in total. The number of nitrogens with one attached hydrogen (secondary N) is 1. The predicted octanol–water partition coefficient (Wildman–Crippen LogP) is 4.43. The lowest BCUT2D eigenvalue weighted by atomic mass is 10.1. The fraction of sp³-hybridized carbons (Fsp3) is 0.0714. The molecule has 0 atom stereocenters. The van der Waals surface area contributed by atoms with E-state index >= 15 is 0 Å². The van der Waals surface area contributed by atoms with Crippen LogP contribution in [0.4, 0.5) is 18.9 Å². The molecule has 0 heterocycles. The van der Waals surface area contributed by atoms with Crippen LogP contribution in [-0.2, 0) is 0 Å². The molecule has 0 fully saturated rings. The van der Waals surface area contributed by atoms with Gasteiger partial charge < -0.3 is 5.32 Å². The molecular formula is C14H9BrF3NO. The number of rotatable bonds is 2. The highest BCUT2D eigenvalue weighted by atomic mass is 79.9. The van der Waals surface area contributed by atoms with Crippen LogP contribution in [0.5, 0.6) is 0 Å². The quantitative estimate of drug-likeness (QED) is 0.858. The summed E-state index contributed by atoms with van der Waals surface area (Å²) in [6, 6.07) is 5.45. The van der Waals surface area contributed by atoms with Gasteiger partial charge in [-0.15, -0.1) is 0 Å². The number of carbonyl (C=O) groups is 1. The second-order valence-electron chi connectivity index (χ2n) is 4.16. The maximum Gasteiger partial charge on any atom is 0.258 e. The Kier molecular flexibility index (Phi) is 4.13. The molecule has 0 unspecified atom stereocenters. The molecular weight excluding hydrogens is 335 g/mol. The topological polar surface area (TPSA) is 29.1 Å². The van der Waals surface area contributed by atoms with Gasteiger partial charge in [0.25, 0.3) is 5.91 Å². The van der Waals surface area contributed by atoms with E-state index in [1.165, 1.54) is 19.1 Å². The first-order valence-electron chi connectivity index (χ1n) is 5.60. The standard InChI is InChI=1S/C14H9BrF3NO/c1-7-4-9(12(18)6-11(7)17)14(20)19-13-3-2-8(16)5-10(13)15/h2-6H,1H3,(H,19,20). The minimum atomic E-state index is -0.955. The van der Waals surface area contributed by atoms with Crippen molar-refractivity contribution in [2.45, 2.75) is 6.92 Å². The van der Waals surface area contributed by atoms with Crippen molar-refractivity contribution >= 4 is 27.5 Å². The fourth-order valence-corrected chi connectivity index (χ4v) is 2.06. The van der Waals surface area contributed by atoms with Crippen LogP contribution in [0, 0.1) is 24.4 Å². The maximum absolute atomic E-state index is 13.6. The number of benzene rings is 2. The van der Waals surface area contributed by atoms with Gasteiger partial charge in [0.2, 0.25) is 0 Å². The lowest BCUT2D eigenvalue weighted by Crippen LogP contribution is -2.15. The van der Waals surface area contributed by atoms with Crippen LogP contribution in [0.1, 0.15) is 15.9 Å². The van der Waals surface area contributed by atoms with Gasteiger partial charge in [-0.3, -0.25) is 4.79 Å². The third kappa shape index (κ3) is 3.01. The van der Waals surface area contributed by atoms with Crippen molar-refractivity contribution in [2.75, 3.05) is 5.32 Å². The molecule has 0 saturated carbocycles. The summed E-state index contributed by atoms with van der Waals surface area (Å²) < 4.78 is 40.0. The molecule has 104 valence electrons. The Balaban J connectivity index is 2.31. The number of carbonyl (C=O) groups excluding carboxylic acids is 1. The number of hydrogen-bond acceptors (Lipinski definition) is 1. The van der Waals surface area contributed by atoms with Crippen LogP contribution in [-0.4, -0.2) is 5.91 Å². The lowest BCUT2D eigenvalue weighted by molar-refractivity contribution is 0.102. The molecule has 1 amide bonds. The van der Waals surface area contributed by atoms with Gasteiger partial charge >= 0.3 is 0 Å². The number of hydrogen-bond donors (Lipinski definition) is 1. The van der Waals surface area contributed by atoms with Gasteiger partial charge in [0.05, 0.1) is 11.3 Å². The first-order chi connectivity index (χ1) is 9.38. The molecule has 0 saturated heterocycles. The van der Waals surface area contributed by atoms with E-state index in [4.69, 9.17) is 0 Å². The highest BCUT2D eigenvalue weighted by molar-refractivity contribution is 9.10. The number of halogens is 4. The molecule has 0 aliphatic carbocycles. The SMILES string of the molecule is Cc1cc(C(=O)Nc2ccc(F)cc2Br)c(F)cc1F. The number of aryl methyl sites for hydroxylation is 1. The van der Waals surface area contributed by atoms with Crippen LogP contribution in [0.25, 0.3) is 0 Å². The monoisotopic (exact) mass is 343 g/mol. The Hall–Kier alpha value is -1.82. The third-order valence-electron chi connectivity index (χ3n) is 2.67. The summed E-state index contributed by atoms with van der Waals surface area (Å²) in [6.07, 6.45) is 0. The average Bonchev–Trinajstić information content (AvgIpc) is 2.37. The van der Waals surface area contributed by atoms with E-state index in [1.54, 1.807) is 0 Å². The number of anilines is 1. The zero-order valence-electron chi connectivity index (χ0n) is 10.3. The van der Waals surface area contributed by atoms with Crippen molar-refractivity contribution in [1.29, 1.82) is 0 Å². The maximum atomic E-state index is 13.6. The van der Waals surface area contributed by atoms with Crippen LogP contribution in [0.2, 0.25) is 0 Å². The lowest BCUT2D eigenvalue weighted by Gasteiger charge is -2.09. The molecule has 2 aromatic carbocycles. The van der Waals surface area contributed by atoms with E-state index in [0.717, 1.165) is 12.1 Å². The smallest absolute Gasteiger partial charge is 0.258 e. The summed E-state index contributed by atoms with van der Waals surface area (Å²) in [5.74, 6) is -2.89. The van der Waals surface area contributed by atoms with Crippen LogP contribution >= 0.6 is 15.9 Å². The van der Waals surface area contributed by atoms with Gasteiger partial charge in [0.15, 0.2) is 0 Å². The van der Waals surface area contributed by atoms with Gasteiger partial charge in [-0.05, 0) is 52.7 Å². The van der Waals surface area contributed by atoms with Gasteiger partial charge in [0, 0.05) is 10.5 Å². The van der Waals surface area contributed by atoms with E-state index in [9.17, 15) is 18.0 Å². The van der Waals surface area contributed by atoms with Crippen LogP contribution in [0.3, 0.4) is 0 Å². The van der Waals surface area contributed by atoms with E-state index < -0.39 is 23.4 Å². The van der Waals surface area contributed by atoms with Crippen LogP contribution in [0.15, 0.2) is 34.8 Å². The van der Waals surface area contributed by atoms with E-state index in [-0.39, 0.29) is 16.8 Å². The highest BCUT2D eigenvalue weighted by Crippen LogP contribution is 2.24. The van der Waals surface area contributed by atoms with Crippen molar-refractivity contribution in [3.05, 3.63) is 63.4 Å². The molecule has 0 aromatic heterocycles. The number of amides is 1. The Labute approximate surface area is 121 Å². The van der Waals surface area contributed by atoms with Gasteiger partial charge in [-0.25, -0.2) is 13.2 Å². The van der Waals surface area contributed by atoms with Gasteiger partial charge in [-0.1, -0.05) is 0 Å². The summed E-state index contributed by atoms with van der Waals surface area (Å²) >= 11 is 3.08. The second-order valence-corrected chi connectivity index (χ2v) is 5.01. The predicted molar refractivity (Wildman–Crippen MR) is 73.1 cm³/mol. The molecule has 2 aromatic rings. The van der Waals surface area contributed by atoms with Crippen LogP contribution < -0.4 is 5.32 Å². The zero-order valence-corrected chi connectivity index (χ0v) is 11.9. The normalized spacial score (nSPS) is 10.4. The molecule has 0 bridgehead atoms. The summed E-state index contributed by atoms with van der Waals surface area (Å²) in [6.45, 7) is 1.43. The molecule has 20 heavy (non-hydrogen) atoms. The van der Waals surface area contributed by atoms with Gasteiger partial charge in [-0.2, -0.15) is 0 Å². The minimum Gasteiger partial charge on any atom is -0.321 e. The van der Waals surface area contributed by atoms with Crippen molar-refractivity contribution in [3.8, 4) is 0 Å². The van der Waals surface area contributed by atoms with Gasteiger partial charge in [0.1, 0.15) is 17.5 Å². The van der Waals surface area contributed by atoms with E-state index in [1.807, 2.05) is 0 Å².